The Morgan fingerprint density at radius 1 is 0.760 bits per heavy atom. The van der Waals surface area contributed by atoms with Crippen molar-refractivity contribution >= 4 is 30.2 Å². The number of benzene rings is 1. The first-order chi connectivity index (χ1) is 11.1. The fourth-order valence-corrected chi connectivity index (χ4v) is 3.78. The molecule has 0 saturated carbocycles. The summed E-state index contributed by atoms with van der Waals surface area (Å²) in [5, 5.41) is 0. The molecule has 1 rings (SSSR count). The van der Waals surface area contributed by atoms with Crippen molar-refractivity contribution in [1.29, 1.82) is 0 Å². The van der Waals surface area contributed by atoms with Crippen LogP contribution in [0.2, 0.25) is 58.9 Å². The molecule has 0 bridgehead atoms. The average Bonchev–Trinajstić information content (AvgIpc) is 2.39. The summed E-state index contributed by atoms with van der Waals surface area (Å²) in [6, 6.07) is 6.25. The molecule has 1 nitrogen and oxygen atoms in total. The van der Waals surface area contributed by atoms with Gasteiger partial charge in [-0.05, 0) is 37.8 Å². The topological polar surface area (TPSA) is 9.23 Å². The summed E-state index contributed by atoms with van der Waals surface area (Å²) in [4.78, 5) is 0. The van der Waals surface area contributed by atoms with E-state index in [4.69, 9.17) is 4.43 Å². The van der Waals surface area contributed by atoms with E-state index >= 15 is 0 Å². The molecule has 0 N–H and O–H groups in total. The van der Waals surface area contributed by atoms with Crippen molar-refractivity contribution in [3.8, 4) is 22.9 Å². The lowest BCUT2D eigenvalue weighted by molar-refractivity contribution is 0.516. The maximum Gasteiger partial charge on any atom is 0.242 e. The van der Waals surface area contributed by atoms with Crippen LogP contribution in [-0.2, 0) is 4.43 Å². The second kappa shape index (κ2) is 7.83. The molecule has 0 fully saturated rings. The normalized spacial score (nSPS) is 11.7. The van der Waals surface area contributed by atoms with Gasteiger partial charge in [0, 0.05) is 16.7 Å². The van der Waals surface area contributed by atoms with Crippen LogP contribution in [0.25, 0.3) is 5.76 Å². The molecule has 0 aliphatic carbocycles. The highest BCUT2D eigenvalue weighted by Crippen LogP contribution is 2.22. The largest absolute Gasteiger partial charge is 0.544 e. The van der Waals surface area contributed by atoms with Crippen LogP contribution in [0.5, 0.6) is 0 Å². The Kier molecular flexibility index (Phi) is 6.75. The van der Waals surface area contributed by atoms with Gasteiger partial charge in [0.2, 0.25) is 8.32 Å². The van der Waals surface area contributed by atoms with Crippen LogP contribution in [0, 0.1) is 22.9 Å². The van der Waals surface area contributed by atoms with E-state index in [1.165, 1.54) is 0 Å². The lowest BCUT2D eigenvalue weighted by Crippen LogP contribution is -2.24. The predicted molar refractivity (Wildman–Crippen MR) is 120 cm³/mol. The first kappa shape index (κ1) is 21.6. The SMILES string of the molecule is C=C(O[Si](C)(C)C)c1cc(C#C[Si](C)(C)C)cc(C#C[Si](C)(C)C)c1. The van der Waals surface area contributed by atoms with E-state index in [1.807, 2.05) is 0 Å². The van der Waals surface area contributed by atoms with Gasteiger partial charge in [-0.1, -0.05) is 57.7 Å². The molecule has 0 aromatic heterocycles. The second-order valence-corrected chi connectivity index (χ2v) is 23.4. The van der Waals surface area contributed by atoms with E-state index in [0.29, 0.717) is 0 Å². The van der Waals surface area contributed by atoms with Gasteiger partial charge in [0.1, 0.15) is 21.9 Å². The molecule has 0 saturated heterocycles. The average molecular weight is 385 g/mol. The fourth-order valence-electron chi connectivity index (χ4n) is 1.88. The number of rotatable bonds is 3. The maximum absolute atomic E-state index is 6.09. The van der Waals surface area contributed by atoms with Crippen molar-refractivity contribution in [3.63, 3.8) is 0 Å². The molecular weight excluding hydrogens is 352 g/mol. The van der Waals surface area contributed by atoms with Gasteiger partial charge < -0.3 is 4.43 Å². The van der Waals surface area contributed by atoms with Gasteiger partial charge in [-0.15, -0.1) is 11.1 Å². The van der Waals surface area contributed by atoms with Gasteiger partial charge in [-0.25, -0.2) is 0 Å². The standard InChI is InChI=1S/C21H32OSi3/c1-18(22-25(8,9)10)21-16-19(11-13-23(2,3)4)15-20(17-21)12-14-24(5,6)7/h15-17H,1H2,2-10H3. The molecule has 25 heavy (non-hydrogen) atoms. The Morgan fingerprint density at radius 3 is 1.48 bits per heavy atom. The van der Waals surface area contributed by atoms with Gasteiger partial charge >= 0.3 is 0 Å². The summed E-state index contributed by atoms with van der Waals surface area (Å²) >= 11 is 0. The lowest BCUT2D eigenvalue weighted by Gasteiger charge is -2.21. The summed E-state index contributed by atoms with van der Waals surface area (Å²) in [6.07, 6.45) is 0. The Bertz CT molecular complexity index is 714. The molecule has 0 radical (unpaired) electrons. The van der Waals surface area contributed by atoms with Crippen LogP contribution in [-0.4, -0.2) is 24.5 Å². The van der Waals surface area contributed by atoms with E-state index < -0.39 is 24.5 Å². The van der Waals surface area contributed by atoms with E-state index in [1.54, 1.807) is 0 Å². The van der Waals surface area contributed by atoms with Crippen molar-refractivity contribution in [3.05, 3.63) is 41.5 Å². The minimum Gasteiger partial charge on any atom is -0.544 e. The Hall–Kier alpha value is -1.47. The summed E-state index contributed by atoms with van der Waals surface area (Å²) in [7, 11) is -4.54. The summed E-state index contributed by atoms with van der Waals surface area (Å²) in [6.45, 7) is 24.2. The highest BCUT2D eigenvalue weighted by molar-refractivity contribution is 6.84. The van der Waals surface area contributed by atoms with E-state index in [2.05, 4.69) is 107 Å². The van der Waals surface area contributed by atoms with Crippen molar-refractivity contribution in [2.24, 2.45) is 0 Å². The molecule has 0 spiro atoms. The zero-order valence-corrected chi connectivity index (χ0v) is 20.3. The molecule has 0 amide bonds. The smallest absolute Gasteiger partial charge is 0.242 e. The molecule has 4 heteroatoms. The van der Waals surface area contributed by atoms with E-state index in [-0.39, 0.29) is 0 Å². The predicted octanol–water partition coefficient (Wildman–Crippen LogP) is 5.97. The van der Waals surface area contributed by atoms with Crippen molar-refractivity contribution in [2.45, 2.75) is 58.9 Å². The molecule has 0 heterocycles. The highest BCUT2D eigenvalue weighted by Gasteiger charge is 2.18. The molecule has 134 valence electrons. The van der Waals surface area contributed by atoms with Crippen LogP contribution in [0.1, 0.15) is 16.7 Å². The zero-order chi connectivity index (χ0) is 19.5. The Balaban J connectivity index is 3.38. The first-order valence-corrected chi connectivity index (χ1v) is 19.2. The van der Waals surface area contributed by atoms with Crippen LogP contribution in [0.15, 0.2) is 24.8 Å². The molecule has 0 aliphatic heterocycles. The Morgan fingerprint density at radius 2 is 1.16 bits per heavy atom. The lowest BCUT2D eigenvalue weighted by atomic mass is 10.1. The number of hydrogen-bond donors (Lipinski definition) is 0. The number of hydrogen-bond acceptors (Lipinski definition) is 1. The molecular formula is C21H32OSi3. The quantitative estimate of drug-likeness (QED) is 0.354. The summed E-state index contributed by atoms with van der Waals surface area (Å²) in [5.74, 6) is 7.43. The van der Waals surface area contributed by atoms with Gasteiger partial charge in [-0.3, -0.25) is 0 Å². The summed E-state index contributed by atoms with van der Waals surface area (Å²) in [5.41, 5.74) is 9.87. The minimum atomic E-state index is -1.69. The fraction of sp³-hybridized carbons (Fsp3) is 0.429. The molecule has 1 aromatic rings. The van der Waals surface area contributed by atoms with Gasteiger partial charge in [0.05, 0.1) is 0 Å². The molecule has 0 aliphatic rings. The minimum absolute atomic E-state index is 0.729. The highest BCUT2D eigenvalue weighted by atomic mass is 28.4. The summed E-state index contributed by atoms with van der Waals surface area (Å²) < 4.78 is 6.09. The zero-order valence-electron chi connectivity index (χ0n) is 17.3. The van der Waals surface area contributed by atoms with Crippen molar-refractivity contribution in [1.82, 2.24) is 0 Å². The third kappa shape index (κ3) is 9.55. The monoisotopic (exact) mass is 384 g/mol. The van der Waals surface area contributed by atoms with Crippen molar-refractivity contribution in [2.75, 3.05) is 0 Å². The molecule has 1 aromatic carbocycles. The maximum atomic E-state index is 6.09. The third-order valence-electron chi connectivity index (χ3n) is 2.85. The van der Waals surface area contributed by atoms with E-state index in [9.17, 15) is 0 Å². The van der Waals surface area contributed by atoms with Gasteiger partial charge in [0.25, 0.3) is 0 Å². The van der Waals surface area contributed by atoms with Gasteiger partial charge in [-0.2, -0.15) is 0 Å². The van der Waals surface area contributed by atoms with Crippen LogP contribution < -0.4 is 0 Å². The van der Waals surface area contributed by atoms with Crippen LogP contribution in [0.3, 0.4) is 0 Å². The van der Waals surface area contributed by atoms with Crippen LogP contribution >= 0.6 is 0 Å². The van der Waals surface area contributed by atoms with Gasteiger partial charge in [0.15, 0.2) is 0 Å². The molecule has 0 atom stereocenters. The first-order valence-electron chi connectivity index (χ1n) is 8.74. The third-order valence-corrected chi connectivity index (χ3v) is 5.46. The second-order valence-electron chi connectivity index (χ2n) is 9.44. The Labute approximate surface area is 158 Å². The van der Waals surface area contributed by atoms with E-state index in [0.717, 1.165) is 22.4 Å². The van der Waals surface area contributed by atoms with Crippen molar-refractivity contribution < 1.29 is 4.43 Å². The van der Waals surface area contributed by atoms with Crippen LogP contribution in [0.4, 0.5) is 0 Å². The molecule has 0 unspecified atom stereocenters.